The Balaban J connectivity index is 2.40. The lowest BCUT2D eigenvalue weighted by atomic mass is 9.86. The fourth-order valence-electron chi connectivity index (χ4n) is 2.04. The van der Waals surface area contributed by atoms with E-state index in [0.717, 1.165) is 5.56 Å². The number of nitrogens with one attached hydrogen (secondary N) is 1. The predicted octanol–water partition coefficient (Wildman–Crippen LogP) is 4.44. The predicted molar refractivity (Wildman–Crippen MR) is 87.4 cm³/mol. The minimum absolute atomic E-state index is 0.154. The van der Waals surface area contributed by atoms with Gasteiger partial charge in [0.25, 0.3) is 10.0 Å². The summed E-state index contributed by atoms with van der Waals surface area (Å²) in [6.07, 6.45) is 0. The molecule has 21 heavy (non-hydrogen) atoms. The third kappa shape index (κ3) is 3.77. The van der Waals surface area contributed by atoms with Crippen LogP contribution >= 0.6 is 11.6 Å². The van der Waals surface area contributed by atoms with Gasteiger partial charge in [0.1, 0.15) is 0 Å². The minimum Gasteiger partial charge on any atom is -0.279 e. The minimum atomic E-state index is -3.62. The maximum atomic E-state index is 12.4. The van der Waals surface area contributed by atoms with Crippen molar-refractivity contribution in [3.05, 3.63) is 59.1 Å². The summed E-state index contributed by atoms with van der Waals surface area (Å²) >= 11 is 5.79. The molecule has 0 aliphatic carbocycles. The molecule has 2 rings (SSSR count). The van der Waals surface area contributed by atoms with Crippen LogP contribution in [0, 0.1) is 0 Å². The van der Waals surface area contributed by atoms with Crippen molar-refractivity contribution >= 4 is 27.3 Å². The molecular formula is C16H18ClNO2S. The molecule has 0 heterocycles. The monoisotopic (exact) mass is 323 g/mol. The molecule has 0 unspecified atom stereocenters. The van der Waals surface area contributed by atoms with Gasteiger partial charge in [0.15, 0.2) is 0 Å². The molecule has 0 fully saturated rings. The highest BCUT2D eigenvalue weighted by Crippen LogP contribution is 2.30. The second-order valence-corrected chi connectivity index (χ2v) is 7.97. The molecule has 0 amide bonds. The standard InChI is InChI=1S/C16H18ClNO2S/c1-16(2,3)14-6-4-5-7-15(14)18-21(19,20)13-10-8-12(17)9-11-13/h4-11,18H,1-3H3. The van der Waals surface area contributed by atoms with Gasteiger partial charge in [-0.25, -0.2) is 8.42 Å². The Kier molecular flexibility index (Phi) is 4.30. The molecule has 0 spiro atoms. The van der Waals surface area contributed by atoms with Crippen LogP contribution < -0.4 is 4.72 Å². The lowest BCUT2D eigenvalue weighted by Crippen LogP contribution is -2.19. The average Bonchev–Trinajstić information content (AvgIpc) is 2.38. The summed E-state index contributed by atoms with van der Waals surface area (Å²) in [7, 11) is -3.62. The molecule has 0 aliphatic heterocycles. The number of anilines is 1. The Morgan fingerprint density at radius 3 is 2.10 bits per heavy atom. The normalized spacial score (nSPS) is 12.2. The van der Waals surface area contributed by atoms with Crippen molar-refractivity contribution < 1.29 is 8.42 Å². The fourth-order valence-corrected chi connectivity index (χ4v) is 3.25. The van der Waals surface area contributed by atoms with Gasteiger partial charge in [-0.2, -0.15) is 0 Å². The van der Waals surface area contributed by atoms with Gasteiger partial charge in [-0.15, -0.1) is 0 Å². The first kappa shape index (κ1) is 15.9. The Morgan fingerprint density at radius 2 is 1.52 bits per heavy atom. The molecule has 0 aromatic heterocycles. The smallest absolute Gasteiger partial charge is 0.261 e. The van der Waals surface area contributed by atoms with E-state index in [4.69, 9.17) is 11.6 Å². The van der Waals surface area contributed by atoms with Gasteiger partial charge in [0.2, 0.25) is 0 Å². The lowest BCUT2D eigenvalue weighted by Gasteiger charge is -2.23. The van der Waals surface area contributed by atoms with Crippen molar-refractivity contribution in [3.8, 4) is 0 Å². The van der Waals surface area contributed by atoms with Crippen LogP contribution in [0.4, 0.5) is 5.69 Å². The quantitative estimate of drug-likeness (QED) is 0.907. The number of rotatable bonds is 3. The van der Waals surface area contributed by atoms with Gasteiger partial charge in [-0.05, 0) is 41.3 Å². The Morgan fingerprint density at radius 1 is 0.952 bits per heavy atom. The molecule has 5 heteroatoms. The molecule has 2 aromatic carbocycles. The first-order chi connectivity index (χ1) is 9.70. The summed E-state index contributed by atoms with van der Waals surface area (Å²) in [5, 5.41) is 0.504. The van der Waals surface area contributed by atoms with E-state index < -0.39 is 10.0 Å². The van der Waals surface area contributed by atoms with Gasteiger partial charge < -0.3 is 0 Å². The van der Waals surface area contributed by atoms with E-state index in [1.54, 1.807) is 18.2 Å². The Hall–Kier alpha value is -1.52. The maximum absolute atomic E-state index is 12.4. The third-order valence-corrected chi connectivity index (χ3v) is 4.74. The van der Waals surface area contributed by atoms with Gasteiger partial charge in [0, 0.05) is 5.02 Å². The number of hydrogen-bond acceptors (Lipinski definition) is 2. The summed E-state index contributed by atoms with van der Waals surface area (Å²) in [4.78, 5) is 0.190. The van der Waals surface area contributed by atoms with E-state index in [9.17, 15) is 8.42 Å². The van der Waals surface area contributed by atoms with Crippen molar-refractivity contribution in [3.63, 3.8) is 0 Å². The Bertz CT molecular complexity index is 732. The number of para-hydroxylation sites is 1. The number of sulfonamides is 1. The molecule has 0 bridgehead atoms. The van der Waals surface area contributed by atoms with Crippen LogP contribution in [0.5, 0.6) is 0 Å². The number of halogens is 1. The SMILES string of the molecule is CC(C)(C)c1ccccc1NS(=O)(=O)c1ccc(Cl)cc1. The van der Waals surface area contributed by atoms with Gasteiger partial charge >= 0.3 is 0 Å². The second kappa shape index (κ2) is 5.70. The topological polar surface area (TPSA) is 46.2 Å². The van der Waals surface area contributed by atoms with Crippen LogP contribution in [0.25, 0.3) is 0 Å². The van der Waals surface area contributed by atoms with Crippen LogP contribution in [-0.4, -0.2) is 8.42 Å². The average molecular weight is 324 g/mol. The van der Waals surface area contributed by atoms with Crippen molar-refractivity contribution in [2.45, 2.75) is 31.1 Å². The van der Waals surface area contributed by atoms with Gasteiger partial charge in [-0.3, -0.25) is 4.72 Å². The Labute approximate surface area is 131 Å². The first-order valence-electron chi connectivity index (χ1n) is 6.58. The van der Waals surface area contributed by atoms with Crippen molar-refractivity contribution in [1.82, 2.24) is 0 Å². The van der Waals surface area contributed by atoms with Crippen molar-refractivity contribution in [2.24, 2.45) is 0 Å². The summed E-state index contributed by atoms with van der Waals surface area (Å²) < 4.78 is 27.5. The van der Waals surface area contributed by atoms with Gasteiger partial charge in [0.05, 0.1) is 10.6 Å². The molecule has 2 aromatic rings. The van der Waals surface area contributed by atoms with Gasteiger partial charge in [-0.1, -0.05) is 50.6 Å². The molecule has 0 saturated heterocycles. The molecule has 1 N–H and O–H groups in total. The fraction of sp³-hybridized carbons (Fsp3) is 0.250. The van der Waals surface area contributed by atoms with E-state index in [1.807, 2.05) is 39.0 Å². The zero-order chi connectivity index (χ0) is 15.7. The first-order valence-corrected chi connectivity index (χ1v) is 8.44. The van der Waals surface area contributed by atoms with Crippen LogP contribution in [0.3, 0.4) is 0 Å². The molecule has 112 valence electrons. The largest absolute Gasteiger partial charge is 0.279 e. The highest BCUT2D eigenvalue weighted by molar-refractivity contribution is 7.92. The van der Waals surface area contributed by atoms with Crippen molar-refractivity contribution in [2.75, 3.05) is 4.72 Å². The molecule has 0 aliphatic rings. The third-order valence-electron chi connectivity index (χ3n) is 3.10. The molecule has 0 saturated carbocycles. The number of benzene rings is 2. The van der Waals surface area contributed by atoms with E-state index in [-0.39, 0.29) is 10.3 Å². The number of hydrogen-bond donors (Lipinski definition) is 1. The zero-order valence-electron chi connectivity index (χ0n) is 12.2. The zero-order valence-corrected chi connectivity index (χ0v) is 13.8. The summed E-state index contributed by atoms with van der Waals surface area (Å²) in [5.74, 6) is 0. The van der Waals surface area contributed by atoms with Crippen LogP contribution in [-0.2, 0) is 15.4 Å². The lowest BCUT2D eigenvalue weighted by molar-refractivity contribution is 0.590. The van der Waals surface area contributed by atoms with E-state index in [1.165, 1.54) is 12.1 Å². The molecule has 3 nitrogen and oxygen atoms in total. The molecule has 0 radical (unpaired) electrons. The highest BCUT2D eigenvalue weighted by atomic mass is 35.5. The summed E-state index contributed by atoms with van der Waals surface area (Å²) in [6, 6.07) is 13.5. The summed E-state index contributed by atoms with van der Waals surface area (Å²) in [6.45, 7) is 6.13. The second-order valence-electron chi connectivity index (χ2n) is 5.86. The summed E-state index contributed by atoms with van der Waals surface area (Å²) in [5.41, 5.74) is 1.39. The van der Waals surface area contributed by atoms with E-state index in [0.29, 0.717) is 10.7 Å². The van der Waals surface area contributed by atoms with Crippen LogP contribution in [0.2, 0.25) is 5.02 Å². The maximum Gasteiger partial charge on any atom is 0.261 e. The van der Waals surface area contributed by atoms with E-state index in [2.05, 4.69) is 4.72 Å². The van der Waals surface area contributed by atoms with E-state index >= 15 is 0 Å². The van der Waals surface area contributed by atoms with Crippen molar-refractivity contribution in [1.29, 1.82) is 0 Å². The highest BCUT2D eigenvalue weighted by Gasteiger charge is 2.21. The molecule has 0 atom stereocenters. The van der Waals surface area contributed by atoms with Crippen LogP contribution in [0.15, 0.2) is 53.4 Å². The molecular weight excluding hydrogens is 306 g/mol. The van der Waals surface area contributed by atoms with Crippen LogP contribution in [0.1, 0.15) is 26.3 Å².